The van der Waals surface area contributed by atoms with Crippen molar-refractivity contribution in [2.75, 3.05) is 39.9 Å². The molecule has 0 aromatic carbocycles. The fourth-order valence-electron chi connectivity index (χ4n) is 1.91. The lowest BCUT2D eigenvalue weighted by atomic mass is 10.2. The number of nitrogens with one attached hydrogen (secondary N) is 2. The summed E-state index contributed by atoms with van der Waals surface area (Å²) in [6.07, 6.45) is 1.15. The predicted molar refractivity (Wildman–Crippen MR) is 74.6 cm³/mol. The molecule has 1 fully saturated rings. The molecule has 0 spiro atoms. The highest BCUT2D eigenvalue weighted by Gasteiger charge is 2.28. The molecular formula is C13H23N3O5. The Labute approximate surface area is 124 Å². The summed E-state index contributed by atoms with van der Waals surface area (Å²) in [5, 5.41) is 4.86. The van der Waals surface area contributed by atoms with E-state index in [4.69, 9.17) is 4.74 Å². The quantitative estimate of drug-likeness (QED) is 0.506. The highest BCUT2D eigenvalue weighted by atomic mass is 16.6. The third-order valence-corrected chi connectivity index (χ3v) is 3.05. The number of urea groups is 1. The standard InChI is InChI=1S/C13H23N3O5/c1-3-4-5-14-13(19)15-11(17)9-16-6-7-21-10(8-16)12(18)20-2/h10H,3-9H2,1-2H3,(H2,14,15,17,19). The van der Waals surface area contributed by atoms with Crippen LogP contribution in [0.4, 0.5) is 4.79 Å². The van der Waals surface area contributed by atoms with Crippen molar-refractivity contribution in [1.82, 2.24) is 15.5 Å². The van der Waals surface area contributed by atoms with E-state index in [-0.39, 0.29) is 13.1 Å². The molecule has 0 bridgehead atoms. The highest BCUT2D eigenvalue weighted by molar-refractivity contribution is 5.95. The first-order chi connectivity index (χ1) is 10.1. The number of amides is 3. The zero-order chi connectivity index (χ0) is 15.7. The summed E-state index contributed by atoms with van der Waals surface area (Å²) in [7, 11) is 1.29. The summed E-state index contributed by atoms with van der Waals surface area (Å²) < 4.78 is 9.87. The third kappa shape index (κ3) is 6.54. The van der Waals surface area contributed by atoms with E-state index in [1.165, 1.54) is 7.11 Å². The molecule has 8 nitrogen and oxygen atoms in total. The molecule has 1 unspecified atom stereocenters. The van der Waals surface area contributed by atoms with Gasteiger partial charge in [-0.2, -0.15) is 0 Å². The van der Waals surface area contributed by atoms with Crippen LogP contribution < -0.4 is 10.6 Å². The van der Waals surface area contributed by atoms with Crippen LogP contribution >= 0.6 is 0 Å². The Morgan fingerprint density at radius 2 is 2.14 bits per heavy atom. The largest absolute Gasteiger partial charge is 0.467 e. The van der Waals surface area contributed by atoms with E-state index >= 15 is 0 Å². The Bertz CT molecular complexity index is 375. The number of carbonyl (C=O) groups is 3. The number of hydrogen-bond donors (Lipinski definition) is 2. The lowest BCUT2D eigenvalue weighted by molar-refractivity contribution is -0.160. The maximum atomic E-state index is 11.7. The van der Waals surface area contributed by atoms with Gasteiger partial charge in [-0.05, 0) is 6.42 Å². The van der Waals surface area contributed by atoms with Gasteiger partial charge in [0, 0.05) is 19.6 Å². The Kier molecular flexibility index (Phi) is 7.70. The minimum absolute atomic E-state index is 0.0397. The predicted octanol–water partition coefficient (Wildman–Crippen LogP) is -0.514. The lowest BCUT2D eigenvalue weighted by Crippen LogP contribution is -2.51. The number of unbranched alkanes of at least 4 members (excludes halogenated alkanes) is 1. The minimum Gasteiger partial charge on any atom is -0.467 e. The monoisotopic (exact) mass is 301 g/mol. The van der Waals surface area contributed by atoms with Crippen molar-refractivity contribution in [2.45, 2.75) is 25.9 Å². The SMILES string of the molecule is CCCCNC(=O)NC(=O)CN1CCOC(C(=O)OC)C1. The van der Waals surface area contributed by atoms with Crippen LogP contribution in [0, 0.1) is 0 Å². The fourth-order valence-corrected chi connectivity index (χ4v) is 1.91. The summed E-state index contributed by atoms with van der Waals surface area (Å²) in [6.45, 7) is 3.74. The molecule has 1 rings (SSSR count). The van der Waals surface area contributed by atoms with Gasteiger partial charge >= 0.3 is 12.0 Å². The van der Waals surface area contributed by atoms with Crippen molar-refractivity contribution < 1.29 is 23.9 Å². The molecule has 0 radical (unpaired) electrons. The van der Waals surface area contributed by atoms with Crippen LogP contribution in [0.25, 0.3) is 0 Å². The number of ether oxygens (including phenoxy) is 2. The third-order valence-electron chi connectivity index (χ3n) is 3.05. The van der Waals surface area contributed by atoms with Gasteiger partial charge in [0.1, 0.15) is 0 Å². The Hall–Kier alpha value is -1.67. The molecule has 0 aliphatic carbocycles. The maximum absolute atomic E-state index is 11.7. The molecule has 0 saturated carbocycles. The van der Waals surface area contributed by atoms with E-state index in [9.17, 15) is 14.4 Å². The zero-order valence-electron chi connectivity index (χ0n) is 12.5. The van der Waals surface area contributed by atoms with Gasteiger partial charge in [0.25, 0.3) is 0 Å². The van der Waals surface area contributed by atoms with Gasteiger partial charge < -0.3 is 14.8 Å². The molecule has 1 atom stereocenters. The summed E-state index contributed by atoms with van der Waals surface area (Å²) >= 11 is 0. The van der Waals surface area contributed by atoms with Crippen molar-refractivity contribution in [1.29, 1.82) is 0 Å². The molecule has 3 amide bonds. The second-order valence-electron chi connectivity index (χ2n) is 4.78. The summed E-state index contributed by atoms with van der Waals surface area (Å²) in [4.78, 5) is 36.3. The van der Waals surface area contributed by atoms with Crippen LogP contribution in [0.5, 0.6) is 0 Å². The van der Waals surface area contributed by atoms with Crippen molar-refractivity contribution in [3.05, 3.63) is 0 Å². The van der Waals surface area contributed by atoms with Crippen LogP contribution in [0.15, 0.2) is 0 Å². The molecular weight excluding hydrogens is 278 g/mol. The van der Waals surface area contributed by atoms with Gasteiger partial charge in [0.15, 0.2) is 6.10 Å². The van der Waals surface area contributed by atoms with Crippen LogP contribution in [-0.2, 0) is 19.1 Å². The van der Waals surface area contributed by atoms with Crippen LogP contribution in [0.1, 0.15) is 19.8 Å². The van der Waals surface area contributed by atoms with Crippen molar-refractivity contribution in [3.8, 4) is 0 Å². The highest BCUT2D eigenvalue weighted by Crippen LogP contribution is 2.06. The van der Waals surface area contributed by atoms with Gasteiger partial charge in [0.05, 0.1) is 20.3 Å². The number of esters is 1. The van der Waals surface area contributed by atoms with Gasteiger partial charge in [-0.15, -0.1) is 0 Å². The molecule has 1 heterocycles. The molecule has 2 N–H and O–H groups in total. The van der Waals surface area contributed by atoms with E-state index in [2.05, 4.69) is 15.4 Å². The Morgan fingerprint density at radius 3 is 2.81 bits per heavy atom. The minimum atomic E-state index is -0.685. The first-order valence-corrected chi connectivity index (χ1v) is 7.06. The number of imide groups is 1. The van der Waals surface area contributed by atoms with Crippen LogP contribution in [0.2, 0.25) is 0 Å². The van der Waals surface area contributed by atoms with Gasteiger partial charge in [0.2, 0.25) is 5.91 Å². The van der Waals surface area contributed by atoms with Gasteiger partial charge in [-0.3, -0.25) is 15.0 Å². The maximum Gasteiger partial charge on any atom is 0.336 e. The van der Waals surface area contributed by atoms with E-state index in [1.807, 2.05) is 6.92 Å². The smallest absolute Gasteiger partial charge is 0.336 e. The molecule has 8 heteroatoms. The normalized spacial score (nSPS) is 18.9. The number of carbonyl (C=O) groups excluding carboxylic acids is 3. The molecule has 1 aliphatic heterocycles. The average Bonchev–Trinajstić information content (AvgIpc) is 2.46. The van der Waals surface area contributed by atoms with Crippen LogP contribution in [-0.4, -0.2) is 68.8 Å². The van der Waals surface area contributed by atoms with E-state index in [0.29, 0.717) is 19.7 Å². The zero-order valence-corrected chi connectivity index (χ0v) is 12.5. The number of morpholine rings is 1. The van der Waals surface area contributed by atoms with E-state index in [0.717, 1.165) is 12.8 Å². The van der Waals surface area contributed by atoms with Gasteiger partial charge in [-0.25, -0.2) is 9.59 Å². The number of hydrogen-bond acceptors (Lipinski definition) is 6. The summed E-state index contributed by atoms with van der Waals surface area (Å²) in [6, 6.07) is -0.494. The molecule has 0 aromatic heterocycles. The van der Waals surface area contributed by atoms with Gasteiger partial charge in [-0.1, -0.05) is 13.3 Å². The summed E-state index contributed by atoms with van der Waals surface area (Å²) in [5.74, 6) is -0.869. The molecule has 21 heavy (non-hydrogen) atoms. The molecule has 1 aliphatic rings. The Balaban J connectivity index is 2.30. The second-order valence-corrected chi connectivity index (χ2v) is 4.78. The average molecular weight is 301 g/mol. The van der Waals surface area contributed by atoms with Crippen molar-refractivity contribution >= 4 is 17.9 Å². The lowest BCUT2D eigenvalue weighted by Gasteiger charge is -2.30. The van der Waals surface area contributed by atoms with Crippen LogP contribution in [0.3, 0.4) is 0 Å². The van der Waals surface area contributed by atoms with Crippen molar-refractivity contribution in [2.24, 2.45) is 0 Å². The Morgan fingerprint density at radius 1 is 1.38 bits per heavy atom. The van der Waals surface area contributed by atoms with E-state index in [1.54, 1.807) is 4.90 Å². The fraction of sp³-hybridized carbons (Fsp3) is 0.769. The number of methoxy groups -OCH3 is 1. The topological polar surface area (TPSA) is 97.0 Å². The van der Waals surface area contributed by atoms with Crippen molar-refractivity contribution in [3.63, 3.8) is 0 Å². The number of nitrogens with zero attached hydrogens (tertiary/aromatic N) is 1. The first kappa shape index (κ1) is 17.4. The molecule has 0 aromatic rings. The molecule has 120 valence electrons. The molecule has 1 saturated heterocycles. The summed E-state index contributed by atoms with van der Waals surface area (Å²) in [5.41, 5.74) is 0. The first-order valence-electron chi connectivity index (χ1n) is 7.06. The van der Waals surface area contributed by atoms with E-state index < -0.39 is 24.0 Å². The second kappa shape index (κ2) is 9.30. The number of rotatable bonds is 6.